The number of pyridine rings is 1. The third kappa shape index (κ3) is 2.87. The van der Waals surface area contributed by atoms with Crippen LogP contribution in [0.15, 0.2) is 30.5 Å². The number of rotatable bonds is 3. The molecule has 1 unspecified atom stereocenters. The zero-order chi connectivity index (χ0) is 16.4. The number of carbonyl (C=O) groups is 1. The van der Waals surface area contributed by atoms with Gasteiger partial charge in [-0.2, -0.15) is 0 Å². The van der Waals surface area contributed by atoms with Gasteiger partial charge in [0.05, 0.1) is 21.4 Å². The zero-order valence-corrected chi connectivity index (χ0v) is 12.5. The summed E-state index contributed by atoms with van der Waals surface area (Å²) in [6.45, 7) is 1.18. The molecule has 0 radical (unpaired) electrons. The van der Waals surface area contributed by atoms with Crippen molar-refractivity contribution in [2.24, 2.45) is 5.92 Å². The van der Waals surface area contributed by atoms with Gasteiger partial charge in [0.2, 0.25) is 0 Å². The van der Waals surface area contributed by atoms with E-state index in [0.29, 0.717) is 29.6 Å². The van der Waals surface area contributed by atoms with Crippen LogP contribution >= 0.6 is 0 Å². The van der Waals surface area contributed by atoms with E-state index in [0.717, 1.165) is 12.8 Å². The second-order valence-corrected chi connectivity index (χ2v) is 5.73. The quantitative estimate of drug-likeness (QED) is 0.690. The van der Waals surface area contributed by atoms with Gasteiger partial charge >= 0.3 is 0 Å². The van der Waals surface area contributed by atoms with Crippen molar-refractivity contribution in [3.63, 3.8) is 0 Å². The van der Waals surface area contributed by atoms with Crippen molar-refractivity contribution < 1.29 is 14.8 Å². The summed E-state index contributed by atoms with van der Waals surface area (Å²) in [7, 11) is 0. The molecule has 23 heavy (non-hydrogen) atoms. The minimum atomic E-state index is -0.471. The van der Waals surface area contributed by atoms with Gasteiger partial charge in [0.25, 0.3) is 11.6 Å². The maximum Gasteiger partial charge on any atom is 0.278 e. The highest BCUT2D eigenvalue weighted by atomic mass is 16.6. The molecule has 1 atom stereocenters. The number of piperidine rings is 1. The Morgan fingerprint density at radius 2 is 2.26 bits per heavy atom. The molecule has 2 aromatic rings. The highest BCUT2D eigenvalue weighted by Crippen LogP contribution is 2.28. The van der Waals surface area contributed by atoms with Crippen molar-refractivity contribution in [1.82, 2.24) is 9.88 Å². The number of likely N-dealkylation sites (tertiary alicyclic amines) is 1. The van der Waals surface area contributed by atoms with Crippen molar-refractivity contribution in [2.75, 3.05) is 19.7 Å². The van der Waals surface area contributed by atoms with Crippen LogP contribution in [0.3, 0.4) is 0 Å². The number of hydrogen-bond donors (Lipinski definition) is 1. The van der Waals surface area contributed by atoms with Gasteiger partial charge in [0.15, 0.2) is 0 Å². The Kier molecular flexibility index (Phi) is 4.20. The SMILES string of the molecule is O=C(c1ccc([N+](=O)[O-])c2cccnc12)N1CCCC(CO)C1. The topological polar surface area (TPSA) is 96.6 Å². The van der Waals surface area contributed by atoms with Crippen molar-refractivity contribution in [1.29, 1.82) is 0 Å². The number of aliphatic hydroxyl groups excluding tert-OH is 1. The Labute approximate surface area is 132 Å². The van der Waals surface area contributed by atoms with Crippen LogP contribution in [-0.4, -0.2) is 45.5 Å². The van der Waals surface area contributed by atoms with E-state index in [-0.39, 0.29) is 24.1 Å². The first-order valence-corrected chi connectivity index (χ1v) is 7.54. The molecular weight excluding hydrogens is 298 g/mol. The first-order chi connectivity index (χ1) is 11.1. The third-order valence-corrected chi connectivity index (χ3v) is 4.24. The van der Waals surface area contributed by atoms with Crippen molar-refractivity contribution >= 4 is 22.5 Å². The number of non-ortho nitro benzene ring substituents is 1. The average Bonchev–Trinajstić information content (AvgIpc) is 2.60. The van der Waals surface area contributed by atoms with E-state index in [1.807, 2.05) is 0 Å². The van der Waals surface area contributed by atoms with Crippen molar-refractivity contribution in [2.45, 2.75) is 12.8 Å². The molecule has 0 saturated carbocycles. The van der Waals surface area contributed by atoms with Gasteiger partial charge < -0.3 is 10.0 Å². The van der Waals surface area contributed by atoms with Crippen LogP contribution in [0.1, 0.15) is 23.2 Å². The molecule has 3 rings (SSSR count). The lowest BCUT2D eigenvalue weighted by Gasteiger charge is -2.32. The number of hydrogen-bond acceptors (Lipinski definition) is 5. The van der Waals surface area contributed by atoms with Crippen LogP contribution in [-0.2, 0) is 0 Å². The van der Waals surface area contributed by atoms with Gasteiger partial charge in [-0.1, -0.05) is 0 Å². The van der Waals surface area contributed by atoms with Gasteiger partial charge in [-0.3, -0.25) is 19.9 Å². The van der Waals surface area contributed by atoms with Crippen LogP contribution in [0, 0.1) is 16.0 Å². The van der Waals surface area contributed by atoms with E-state index < -0.39 is 4.92 Å². The summed E-state index contributed by atoms with van der Waals surface area (Å²) in [4.78, 5) is 29.3. The fraction of sp³-hybridized carbons (Fsp3) is 0.375. The summed E-state index contributed by atoms with van der Waals surface area (Å²) >= 11 is 0. The zero-order valence-electron chi connectivity index (χ0n) is 12.5. The Hall–Kier alpha value is -2.54. The minimum absolute atomic E-state index is 0.0586. The maximum absolute atomic E-state index is 12.8. The summed E-state index contributed by atoms with van der Waals surface area (Å²) in [6.07, 6.45) is 3.27. The number of benzene rings is 1. The summed E-state index contributed by atoms with van der Waals surface area (Å²) in [5.74, 6) is -0.105. The molecule has 120 valence electrons. The van der Waals surface area contributed by atoms with E-state index >= 15 is 0 Å². The molecule has 0 aliphatic carbocycles. The molecule has 1 amide bonds. The fourth-order valence-corrected chi connectivity index (χ4v) is 3.06. The van der Waals surface area contributed by atoms with Crippen LogP contribution in [0.25, 0.3) is 10.9 Å². The van der Waals surface area contributed by atoms with E-state index in [1.165, 1.54) is 18.3 Å². The number of aromatic nitrogens is 1. The molecule has 7 nitrogen and oxygen atoms in total. The molecule has 7 heteroatoms. The summed E-state index contributed by atoms with van der Waals surface area (Å²) in [6, 6.07) is 6.04. The normalized spacial score (nSPS) is 18.1. The Balaban J connectivity index is 2.01. The van der Waals surface area contributed by atoms with Gasteiger partial charge in [-0.15, -0.1) is 0 Å². The van der Waals surface area contributed by atoms with Gasteiger partial charge in [-0.05, 0) is 37.0 Å². The number of nitro benzene ring substituents is 1. The second-order valence-electron chi connectivity index (χ2n) is 5.73. The van der Waals surface area contributed by atoms with Crippen LogP contribution in [0.4, 0.5) is 5.69 Å². The Bertz CT molecular complexity index is 762. The minimum Gasteiger partial charge on any atom is -0.396 e. The lowest BCUT2D eigenvalue weighted by atomic mass is 9.98. The molecule has 1 fully saturated rings. The highest BCUT2D eigenvalue weighted by molar-refractivity contribution is 6.07. The highest BCUT2D eigenvalue weighted by Gasteiger charge is 2.26. The van der Waals surface area contributed by atoms with Crippen LogP contribution in [0.5, 0.6) is 0 Å². The monoisotopic (exact) mass is 315 g/mol. The molecule has 0 bridgehead atoms. The fourth-order valence-electron chi connectivity index (χ4n) is 3.06. The van der Waals surface area contributed by atoms with E-state index in [4.69, 9.17) is 0 Å². The first kappa shape index (κ1) is 15.4. The van der Waals surface area contributed by atoms with Crippen molar-refractivity contribution in [3.05, 3.63) is 46.1 Å². The van der Waals surface area contributed by atoms with Crippen LogP contribution in [0.2, 0.25) is 0 Å². The Morgan fingerprint density at radius 1 is 1.43 bits per heavy atom. The number of amides is 1. The smallest absolute Gasteiger partial charge is 0.278 e. The Morgan fingerprint density at radius 3 is 3.00 bits per heavy atom. The van der Waals surface area contributed by atoms with Gasteiger partial charge in [0.1, 0.15) is 0 Å². The molecule has 1 aliphatic rings. The van der Waals surface area contributed by atoms with Gasteiger partial charge in [-0.25, -0.2) is 0 Å². The summed E-state index contributed by atoms with van der Waals surface area (Å²) < 4.78 is 0. The summed E-state index contributed by atoms with van der Waals surface area (Å²) in [5.41, 5.74) is 0.652. The number of nitrogens with zero attached hydrogens (tertiary/aromatic N) is 3. The molecular formula is C16H17N3O4. The largest absolute Gasteiger partial charge is 0.396 e. The predicted octanol–water partition coefficient (Wildman–Crippen LogP) is 1.99. The first-order valence-electron chi connectivity index (χ1n) is 7.54. The van der Waals surface area contributed by atoms with E-state index in [1.54, 1.807) is 17.0 Å². The maximum atomic E-state index is 12.8. The van der Waals surface area contributed by atoms with Crippen molar-refractivity contribution in [3.8, 4) is 0 Å². The molecule has 1 aromatic carbocycles. The number of carbonyl (C=O) groups excluding carboxylic acids is 1. The number of aliphatic hydroxyl groups is 1. The number of nitro groups is 1. The lowest BCUT2D eigenvalue weighted by Crippen LogP contribution is -2.41. The molecule has 1 N–H and O–H groups in total. The standard InChI is InChI=1S/C16H17N3O4/c20-10-11-3-2-8-18(9-11)16(21)13-5-6-14(19(22)23)12-4-1-7-17-15(12)13/h1,4-7,11,20H,2-3,8-10H2. The summed E-state index contributed by atoms with van der Waals surface area (Å²) in [5, 5.41) is 20.8. The molecule has 1 saturated heterocycles. The predicted molar refractivity (Wildman–Crippen MR) is 84.1 cm³/mol. The third-order valence-electron chi connectivity index (χ3n) is 4.24. The molecule has 1 aromatic heterocycles. The second kappa shape index (κ2) is 6.29. The van der Waals surface area contributed by atoms with Gasteiger partial charge in [0, 0.05) is 32.0 Å². The average molecular weight is 315 g/mol. The van der Waals surface area contributed by atoms with E-state index in [9.17, 15) is 20.0 Å². The molecule has 2 heterocycles. The molecule has 1 aliphatic heterocycles. The molecule has 0 spiro atoms. The van der Waals surface area contributed by atoms with E-state index in [2.05, 4.69) is 4.98 Å². The van der Waals surface area contributed by atoms with Crippen LogP contribution < -0.4 is 0 Å². The lowest BCUT2D eigenvalue weighted by molar-refractivity contribution is -0.383. The number of fused-ring (bicyclic) bond motifs is 1.